The van der Waals surface area contributed by atoms with Crippen LogP contribution in [0.25, 0.3) is 22.2 Å². The van der Waals surface area contributed by atoms with Crippen LogP contribution in [0, 0.1) is 0 Å². The molecule has 2 aromatic carbocycles. The van der Waals surface area contributed by atoms with Crippen molar-refractivity contribution in [1.29, 1.82) is 0 Å². The second kappa shape index (κ2) is 9.77. The monoisotopic (exact) mass is 496 g/mol. The first-order valence-electron chi connectivity index (χ1n) is 11.8. The number of fused-ring (bicyclic) bond motifs is 1. The number of piperidine rings is 1. The quantitative estimate of drug-likeness (QED) is 0.373. The third-order valence-electron chi connectivity index (χ3n) is 6.74. The van der Waals surface area contributed by atoms with Crippen LogP contribution in [-0.2, 0) is 13.6 Å². The first-order valence-corrected chi connectivity index (χ1v) is 11.8. The lowest BCUT2D eigenvalue weighted by Crippen LogP contribution is -2.43. The van der Waals surface area contributed by atoms with Crippen molar-refractivity contribution in [2.24, 2.45) is 7.05 Å². The van der Waals surface area contributed by atoms with Crippen LogP contribution in [0.2, 0.25) is 0 Å². The maximum atomic E-state index is 12.8. The predicted molar refractivity (Wildman–Crippen MR) is 132 cm³/mol. The molecule has 4 aromatic rings. The molecule has 0 bridgehead atoms. The summed E-state index contributed by atoms with van der Waals surface area (Å²) in [6.45, 7) is 1.93. The van der Waals surface area contributed by atoms with Crippen LogP contribution in [0.3, 0.4) is 0 Å². The molecule has 1 aliphatic heterocycles. The van der Waals surface area contributed by atoms with E-state index in [2.05, 4.69) is 42.0 Å². The highest BCUT2D eigenvalue weighted by Gasteiger charge is 2.32. The van der Waals surface area contributed by atoms with Gasteiger partial charge < -0.3 is 9.64 Å². The van der Waals surface area contributed by atoms with Crippen LogP contribution in [0.15, 0.2) is 60.8 Å². The Labute approximate surface area is 207 Å². The van der Waals surface area contributed by atoms with Crippen molar-refractivity contribution in [1.82, 2.24) is 24.9 Å². The fourth-order valence-electron chi connectivity index (χ4n) is 4.89. The molecule has 2 aromatic heterocycles. The molecular formula is C26H27F3N6O. The molecule has 1 saturated heterocycles. The standard InChI is InChI=1S/C26H27F3N6O/c1-33(17-18-7-3-6-10-23(18)36-26(27,28)29)19-12-15-35(16-13-19)25-21-9-5-4-8-20(21)24(31-32-25)22-11-14-30-34(22)2/h3-11,14,19H,12-13,15-17H2,1-2H3. The zero-order valence-electron chi connectivity index (χ0n) is 20.1. The molecule has 36 heavy (non-hydrogen) atoms. The molecule has 1 aliphatic rings. The molecule has 7 nitrogen and oxygen atoms in total. The van der Waals surface area contributed by atoms with Crippen molar-refractivity contribution in [2.75, 3.05) is 25.0 Å². The molecule has 0 atom stereocenters. The maximum absolute atomic E-state index is 12.8. The maximum Gasteiger partial charge on any atom is 0.573 e. The largest absolute Gasteiger partial charge is 0.573 e. The highest BCUT2D eigenvalue weighted by Crippen LogP contribution is 2.33. The van der Waals surface area contributed by atoms with Gasteiger partial charge in [-0.05, 0) is 32.0 Å². The minimum absolute atomic E-state index is 0.149. The smallest absolute Gasteiger partial charge is 0.405 e. The molecule has 0 unspecified atom stereocenters. The van der Waals surface area contributed by atoms with E-state index in [1.807, 2.05) is 32.3 Å². The molecule has 0 amide bonds. The number of hydrogen-bond donors (Lipinski definition) is 0. The number of para-hydroxylation sites is 1. The summed E-state index contributed by atoms with van der Waals surface area (Å²) >= 11 is 0. The van der Waals surface area contributed by atoms with E-state index in [1.165, 1.54) is 6.07 Å². The number of hydrogen-bond acceptors (Lipinski definition) is 6. The second-order valence-electron chi connectivity index (χ2n) is 9.05. The van der Waals surface area contributed by atoms with Crippen LogP contribution in [0.4, 0.5) is 19.0 Å². The molecule has 1 fully saturated rings. The van der Waals surface area contributed by atoms with Crippen molar-refractivity contribution in [2.45, 2.75) is 31.8 Å². The highest BCUT2D eigenvalue weighted by molar-refractivity contribution is 5.99. The molecular weight excluding hydrogens is 469 g/mol. The summed E-state index contributed by atoms with van der Waals surface area (Å²) in [6, 6.07) is 16.6. The van der Waals surface area contributed by atoms with Gasteiger partial charge in [-0.15, -0.1) is 23.4 Å². The average Bonchev–Trinajstić information content (AvgIpc) is 3.29. The van der Waals surface area contributed by atoms with Gasteiger partial charge >= 0.3 is 6.36 Å². The number of halogens is 3. The van der Waals surface area contributed by atoms with Gasteiger partial charge in [0.1, 0.15) is 11.4 Å². The van der Waals surface area contributed by atoms with Gasteiger partial charge in [-0.3, -0.25) is 9.58 Å². The minimum Gasteiger partial charge on any atom is -0.405 e. The van der Waals surface area contributed by atoms with Crippen LogP contribution < -0.4 is 9.64 Å². The third-order valence-corrected chi connectivity index (χ3v) is 6.74. The molecule has 0 spiro atoms. The zero-order chi connectivity index (χ0) is 25.3. The van der Waals surface area contributed by atoms with Gasteiger partial charge in [0.2, 0.25) is 0 Å². The van der Waals surface area contributed by atoms with Crippen molar-refractivity contribution in [3.8, 4) is 17.1 Å². The summed E-state index contributed by atoms with van der Waals surface area (Å²) in [4.78, 5) is 4.35. The van der Waals surface area contributed by atoms with Crippen LogP contribution in [-0.4, -0.2) is 57.4 Å². The summed E-state index contributed by atoms with van der Waals surface area (Å²) in [7, 11) is 3.83. The van der Waals surface area contributed by atoms with E-state index in [9.17, 15) is 13.2 Å². The van der Waals surface area contributed by atoms with E-state index in [-0.39, 0.29) is 11.8 Å². The highest BCUT2D eigenvalue weighted by atomic mass is 19.4. The molecule has 0 aliphatic carbocycles. The number of anilines is 1. The van der Waals surface area contributed by atoms with E-state index < -0.39 is 6.36 Å². The number of benzene rings is 2. The number of aromatic nitrogens is 4. The number of aryl methyl sites for hydroxylation is 1. The lowest BCUT2D eigenvalue weighted by atomic mass is 10.0. The van der Waals surface area contributed by atoms with Gasteiger partial charge in [0.15, 0.2) is 5.82 Å². The zero-order valence-corrected chi connectivity index (χ0v) is 20.1. The second-order valence-corrected chi connectivity index (χ2v) is 9.05. The molecule has 5 rings (SSSR count). The number of rotatable bonds is 6. The van der Waals surface area contributed by atoms with Crippen LogP contribution in [0.5, 0.6) is 5.75 Å². The average molecular weight is 497 g/mol. The van der Waals surface area contributed by atoms with E-state index >= 15 is 0 Å². The van der Waals surface area contributed by atoms with Gasteiger partial charge in [0.05, 0.1) is 5.69 Å². The summed E-state index contributed by atoms with van der Waals surface area (Å²) in [5.74, 6) is 0.700. The Kier molecular flexibility index (Phi) is 6.53. The fraction of sp³-hybridized carbons (Fsp3) is 0.346. The topological polar surface area (TPSA) is 59.3 Å². The summed E-state index contributed by atoms with van der Waals surface area (Å²) < 4.78 is 44.4. The van der Waals surface area contributed by atoms with Crippen molar-refractivity contribution in [3.05, 3.63) is 66.4 Å². The van der Waals surface area contributed by atoms with Gasteiger partial charge in [-0.2, -0.15) is 5.10 Å². The Bertz CT molecular complexity index is 1350. The fourth-order valence-corrected chi connectivity index (χ4v) is 4.89. The normalized spacial score (nSPS) is 15.1. The molecule has 188 valence electrons. The lowest BCUT2D eigenvalue weighted by molar-refractivity contribution is -0.275. The van der Waals surface area contributed by atoms with E-state index in [1.54, 1.807) is 29.1 Å². The van der Waals surface area contributed by atoms with Gasteiger partial charge in [0, 0.05) is 55.3 Å². The molecule has 0 radical (unpaired) electrons. The lowest BCUT2D eigenvalue weighted by Gasteiger charge is -2.37. The molecule has 10 heteroatoms. The van der Waals surface area contributed by atoms with E-state index in [4.69, 9.17) is 0 Å². The Balaban J connectivity index is 1.30. The predicted octanol–water partition coefficient (Wildman–Crippen LogP) is 5.03. The number of alkyl halides is 3. The van der Waals surface area contributed by atoms with E-state index in [0.717, 1.165) is 53.9 Å². The molecule has 0 N–H and O–H groups in total. The van der Waals surface area contributed by atoms with Gasteiger partial charge in [-0.1, -0.05) is 42.5 Å². The van der Waals surface area contributed by atoms with Gasteiger partial charge in [0.25, 0.3) is 0 Å². The van der Waals surface area contributed by atoms with Crippen molar-refractivity contribution >= 4 is 16.6 Å². The summed E-state index contributed by atoms with van der Waals surface area (Å²) in [6.07, 6.45) is -1.25. The van der Waals surface area contributed by atoms with Gasteiger partial charge in [-0.25, -0.2) is 0 Å². The first kappa shape index (κ1) is 24.1. The Morgan fingerprint density at radius 3 is 2.36 bits per heavy atom. The third kappa shape index (κ3) is 4.99. The first-order chi connectivity index (χ1) is 17.3. The Morgan fingerprint density at radius 2 is 1.67 bits per heavy atom. The molecule has 3 heterocycles. The van der Waals surface area contributed by atoms with E-state index in [0.29, 0.717) is 12.1 Å². The Morgan fingerprint density at radius 1 is 0.972 bits per heavy atom. The number of ether oxygens (including phenoxy) is 1. The SMILES string of the molecule is CN(Cc1ccccc1OC(F)(F)F)C1CCN(c2nnc(-c3ccnn3C)c3ccccc23)CC1. The Hall–Kier alpha value is -3.66. The van der Waals surface area contributed by atoms with Crippen LogP contribution >= 0.6 is 0 Å². The number of nitrogens with zero attached hydrogens (tertiary/aromatic N) is 6. The summed E-state index contributed by atoms with van der Waals surface area (Å²) in [5, 5.41) is 15.5. The van der Waals surface area contributed by atoms with Crippen molar-refractivity contribution < 1.29 is 17.9 Å². The summed E-state index contributed by atoms with van der Waals surface area (Å²) in [5.41, 5.74) is 2.21. The minimum atomic E-state index is -4.71. The molecule has 0 saturated carbocycles. The van der Waals surface area contributed by atoms with Crippen molar-refractivity contribution in [3.63, 3.8) is 0 Å². The van der Waals surface area contributed by atoms with Crippen LogP contribution in [0.1, 0.15) is 18.4 Å².